The van der Waals surface area contributed by atoms with Crippen LogP contribution in [0.1, 0.15) is 33.6 Å². The van der Waals surface area contributed by atoms with E-state index in [1.165, 1.54) is 0 Å². The number of carbonyl (C=O) groups is 1. The summed E-state index contributed by atoms with van der Waals surface area (Å²) in [7, 11) is -3.61. The maximum Gasteiger partial charge on any atom is 0.244 e. The number of rotatable bonds is 0. The lowest BCUT2D eigenvalue weighted by Gasteiger charge is -2.28. The Labute approximate surface area is 143 Å². The number of amides is 1. The van der Waals surface area contributed by atoms with Crippen molar-refractivity contribution in [2.75, 3.05) is 13.1 Å². The number of para-hydroxylation sites is 1. The number of sulfonamides is 1. The molecule has 2 atom stereocenters. The third-order valence-electron chi connectivity index (χ3n) is 4.49. The van der Waals surface area contributed by atoms with E-state index in [-0.39, 0.29) is 22.9 Å². The van der Waals surface area contributed by atoms with Crippen LogP contribution < -0.4 is 9.46 Å². The Hall–Kier alpha value is -1.60. The van der Waals surface area contributed by atoms with Crippen LogP contribution in [0.25, 0.3) is 0 Å². The van der Waals surface area contributed by atoms with Gasteiger partial charge in [0.2, 0.25) is 15.9 Å². The molecule has 2 heterocycles. The average molecular weight is 352 g/mol. The van der Waals surface area contributed by atoms with E-state index in [9.17, 15) is 13.2 Å². The number of hydrogen-bond acceptors (Lipinski definition) is 4. The Morgan fingerprint density at radius 2 is 1.88 bits per heavy atom. The van der Waals surface area contributed by atoms with Gasteiger partial charge in [-0.1, -0.05) is 32.9 Å². The fourth-order valence-corrected chi connectivity index (χ4v) is 4.66. The summed E-state index contributed by atoms with van der Waals surface area (Å²) in [5.74, 6) is 0.468. The zero-order valence-corrected chi connectivity index (χ0v) is 15.1. The van der Waals surface area contributed by atoms with Crippen molar-refractivity contribution in [3.63, 3.8) is 0 Å². The molecule has 3 rings (SSSR count). The Morgan fingerprint density at radius 3 is 2.58 bits per heavy atom. The van der Waals surface area contributed by atoms with E-state index in [0.717, 1.165) is 0 Å². The highest BCUT2D eigenvalue weighted by molar-refractivity contribution is 7.89. The summed E-state index contributed by atoms with van der Waals surface area (Å²) in [6, 6.07) is 6.35. The molecule has 0 radical (unpaired) electrons. The van der Waals surface area contributed by atoms with Gasteiger partial charge in [-0.05, 0) is 18.6 Å². The van der Waals surface area contributed by atoms with Crippen LogP contribution in [-0.4, -0.2) is 44.5 Å². The van der Waals surface area contributed by atoms with Gasteiger partial charge in [0.1, 0.15) is 16.7 Å². The summed E-state index contributed by atoms with van der Waals surface area (Å²) in [6.07, 6.45) is 0.865. The van der Waals surface area contributed by atoms with E-state index in [1.807, 2.05) is 25.7 Å². The highest BCUT2D eigenvalue weighted by atomic mass is 32.2. The molecule has 7 heteroatoms. The summed E-state index contributed by atoms with van der Waals surface area (Å²) in [6.45, 7) is 6.79. The monoisotopic (exact) mass is 352 g/mol. The minimum absolute atomic E-state index is 0.0854. The lowest BCUT2D eigenvalue weighted by molar-refractivity contribution is -0.139. The Bertz CT molecular complexity index is 739. The van der Waals surface area contributed by atoms with E-state index < -0.39 is 15.4 Å². The number of fused-ring (bicyclic) bond motifs is 2. The van der Waals surface area contributed by atoms with Crippen molar-refractivity contribution in [2.24, 2.45) is 5.41 Å². The predicted octanol–water partition coefficient (Wildman–Crippen LogP) is 1.76. The van der Waals surface area contributed by atoms with Gasteiger partial charge in [-0.3, -0.25) is 4.79 Å². The lowest BCUT2D eigenvalue weighted by Crippen LogP contribution is -2.43. The molecule has 0 aliphatic carbocycles. The van der Waals surface area contributed by atoms with Crippen molar-refractivity contribution in [1.82, 2.24) is 9.62 Å². The van der Waals surface area contributed by atoms with E-state index in [1.54, 1.807) is 24.3 Å². The maximum absolute atomic E-state index is 12.6. The molecule has 2 aliphatic rings. The molecule has 1 aromatic carbocycles. The zero-order chi connectivity index (χ0) is 17.5. The smallest absolute Gasteiger partial charge is 0.244 e. The Morgan fingerprint density at radius 1 is 1.21 bits per heavy atom. The van der Waals surface area contributed by atoms with Crippen LogP contribution in [0.3, 0.4) is 0 Å². The lowest BCUT2D eigenvalue weighted by atomic mass is 9.94. The first-order chi connectivity index (χ1) is 11.2. The first-order valence-corrected chi connectivity index (χ1v) is 9.74. The predicted molar refractivity (Wildman–Crippen MR) is 90.2 cm³/mol. The molecule has 0 bridgehead atoms. The summed E-state index contributed by atoms with van der Waals surface area (Å²) in [5, 5.41) is 0. The molecular formula is C17H24N2O4S. The molecule has 1 amide bonds. The molecule has 0 aromatic heterocycles. The largest absolute Gasteiger partial charge is 0.487 e. The fraction of sp³-hybridized carbons (Fsp3) is 0.588. The third-order valence-corrected chi connectivity index (χ3v) is 6.02. The van der Waals surface area contributed by atoms with Crippen LogP contribution in [-0.2, 0) is 14.8 Å². The zero-order valence-electron chi connectivity index (χ0n) is 14.3. The van der Waals surface area contributed by atoms with Crippen LogP contribution in [0.15, 0.2) is 29.2 Å². The molecule has 132 valence electrons. The summed E-state index contributed by atoms with van der Waals surface area (Å²) in [4.78, 5) is 14.5. The SMILES string of the molecule is CC(C)(C)C(=O)N1CC[C@@H]2NS(=O)(=O)c3ccccc3O[C@H]2CC1. The van der Waals surface area contributed by atoms with Crippen molar-refractivity contribution in [3.8, 4) is 5.75 Å². The standard InChI is InChI=1S/C17H24N2O4S/c1-17(2,3)16(20)19-10-8-12-13(9-11-19)23-14-6-4-5-7-15(14)24(21,22)18-12/h4-7,12-13,18H,8-11H2,1-3H3/t12-,13-/m0/s1. The number of carbonyl (C=O) groups excluding carboxylic acids is 1. The molecule has 2 aliphatic heterocycles. The Balaban J connectivity index is 1.85. The summed E-state index contributed by atoms with van der Waals surface area (Å²) < 4.78 is 33.9. The first-order valence-electron chi connectivity index (χ1n) is 8.26. The van der Waals surface area contributed by atoms with E-state index >= 15 is 0 Å². The number of ether oxygens (including phenoxy) is 1. The molecule has 1 fully saturated rings. The van der Waals surface area contributed by atoms with Crippen LogP contribution in [0, 0.1) is 5.41 Å². The number of nitrogens with zero attached hydrogens (tertiary/aromatic N) is 1. The molecule has 0 saturated carbocycles. The second-order valence-electron chi connectivity index (χ2n) is 7.45. The quantitative estimate of drug-likeness (QED) is 0.772. The van der Waals surface area contributed by atoms with E-state index in [4.69, 9.17) is 4.74 Å². The topological polar surface area (TPSA) is 75.7 Å². The number of hydrogen-bond donors (Lipinski definition) is 1. The average Bonchev–Trinajstić information content (AvgIpc) is 2.74. The molecular weight excluding hydrogens is 328 g/mol. The summed E-state index contributed by atoms with van der Waals surface area (Å²) >= 11 is 0. The third kappa shape index (κ3) is 3.28. The molecule has 0 spiro atoms. The second kappa shape index (κ2) is 6.04. The van der Waals surface area contributed by atoms with Crippen LogP contribution in [0.2, 0.25) is 0 Å². The van der Waals surface area contributed by atoms with Crippen molar-refractivity contribution in [3.05, 3.63) is 24.3 Å². The molecule has 0 unspecified atom stereocenters. The van der Waals surface area contributed by atoms with Crippen LogP contribution in [0.4, 0.5) is 0 Å². The van der Waals surface area contributed by atoms with Gasteiger partial charge in [-0.15, -0.1) is 0 Å². The highest BCUT2D eigenvalue weighted by Gasteiger charge is 2.38. The van der Waals surface area contributed by atoms with Gasteiger partial charge in [0.05, 0.1) is 6.04 Å². The molecule has 6 nitrogen and oxygen atoms in total. The number of nitrogens with one attached hydrogen (secondary N) is 1. The van der Waals surface area contributed by atoms with Crippen LogP contribution >= 0.6 is 0 Å². The second-order valence-corrected chi connectivity index (χ2v) is 9.13. The van der Waals surface area contributed by atoms with Gasteiger partial charge in [-0.2, -0.15) is 0 Å². The molecule has 1 saturated heterocycles. The highest BCUT2D eigenvalue weighted by Crippen LogP contribution is 2.31. The van der Waals surface area contributed by atoms with Gasteiger partial charge < -0.3 is 9.64 Å². The van der Waals surface area contributed by atoms with Gasteiger partial charge in [-0.25, -0.2) is 13.1 Å². The van der Waals surface area contributed by atoms with Gasteiger partial charge in [0.15, 0.2) is 0 Å². The molecule has 1 aromatic rings. The summed E-state index contributed by atoms with van der Waals surface area (Å²) in [5.41, 5.74) is -0.445. The molecule has 24 heavy (non-hydrogen) atoms. The minimum atomic E-state index is -3.61. The Kier molecular flexibility index (Phi) is 4.34. The molecule has 1 N–H and O–H groups in total. The van der Waals surface area contributed by atoms with Crippen molar-refractivity contribution in [1.29, 1.82) is 0 Å². The van der Waals surface area contributed by atoms with Gasteiger partial charge >= 0.3 is 0 Å². The van der Waals surface area contributed by atoms with Gasteiger partial charge in [0, 0.05) is 24.9 Å². The van der Waals surface area contributed by atoms with Crippen molar-refractivity contribution >= 4 is 15.9 Å². The van der Waals surface area contributed by atoms with Crippen LogP contribution in [0.5, 0.6) is 5.75 Å². The van der Waals surface area contributed by atoms with Crippen molar-refractivity contribution in [2.45, 2.75) is 50.7 Å². The number of benzene rings is 1. The number of likely N-dealkylation sites (tertiary alicyclic amines) is 1. The fourth-order valence-electron chi connectivity index (χ4n) is 3.23. The first kappa shape index (κ1) is 17.2. The normalized spacial score (nSPS) is 26.4. The maximum atomic E-state index is 12.6. The van der Waals surface area contributed by atoms with Gasteiger partial charge in [0.25, 0.3) is 0 Å². The minimum Gasteiger partial charge on any atom is -0.487 e. The van der Waals surface area contributed by atoms with E-state index in [0.29, 0.717) is 31.7 Å². The van der Waals surface area contributed by atoms with E-state index in [2.05, 4.69) is 4.72 Å². The van der Waals surface area contributed by atoms with Crippen molar-refractivity contribution < 1.29 is 17.9 Å².